The molecule has 0 aliphatic heterocycles. The molecule has 13 heteroatoms. The summed E-state index contributed by atoms with van der Waals surface area (Å²) in [5.41, 5.74) is 8.40. The number of hydrogen-bond donors (Lipinski definition) is 0. The number of nitrogens with zero attached hydrogens (tertiary/aromatic N) is 4. The molecule has 0 saturated carbocycles. The van der Waals surface area contributed by atoms with Crippen molar-refractivity contribution in [3.05, 3.63) is 99.4 Å². The molecule has 308 valence electrons. The summed E-state index contributed by atoms with van der Waals surface area (Å²) < 4.78 is 20.3. The smallest absolute Gasteiger partial charge is 0.373 e. The zero-order valence-electron chi connectivity index (χ0n) is 35.2. The first-order chi connectivity index (χ1) is 29.0. The Morgan fingerprint density at radius 3 is 1.80 bits per heavy atom. The highest BCUT2D eigenvalue weighted by molar-refractivity contribution is 7.29. The SMILES string of the molecule is CCO[Si](CN(CC#N)C(=O)/C(C#N)=C/c1sc(-c2sc(-c3sc(-c4sc(-c5ccc6c(c5)c5ccccc5n6CC)cc4C)cc3C)cc2C)cc1C)(OCC)OCC. The van der Waals surface area contributed by atoms with Crippen LogP contribution in [-0.4, -0.2) is 56.7 Å². The van der Waals surface area contributed by atoms with Crippen molar-refractivity contribution >= 4 is 87.9 Å². The molecule has 0 spiro atoms. The fourth-order valence-electron chi connectivity index (χ4n) is 7.73. The Labute approximate surface area is 369 Å². The number of amides is 1. The summed E-state index contributed by atoms with van der Waals surface area (Å²) >= 11 is 7.04. The van der Waals surface area contributed by atoms with Gasteiger partial charge in [-0.15, -0.1) is 45.3 Å². The quantitative estimate of drug-likeness (QED) is 0.0415. The zero-order chi connectivity index (χ0) is 42.7. The maximum Gasteiger partial charge on any atom is 0.521 e. The van der Waals surface area contributed by atoms with E-state index in [4.69, 9.17) is 13.3 Å². The molecular weight excluding hydrogens is 841 g/mol. The number of aromatic nitrogens is 1. The minimum atomic E-state index is -3.33. The van der Waals surface area contributed by atoms with Crippen LogP contribution in [0.5, 0.6) is 0 Å². The second-order valence-corrected chi connectivity index (χ2v) is 21.3. The van der Waals surface area contributed by atoms with Crippen LogP contribution in [0.4, 0.5) is 0 Å². The molecule has 0 aliphatic rings. The van der Waals surface area contributed by atoms with E-state index in [2.05, 4.69) is 111 Å². The van der Waals surface area contributed by atoms with Gasteiger partial charge >= 0.3 is 8.80 Å². The normalized spacial score (nSPS) is 12.1. The van der Waals surface area contributed by atoms with Crippen LogP contribution >= 0.6 is 45.3 Å². The Bertz CT molecular complexity index is 2810. The average Bonchev–Trinajstić information content (AvgIpc) is 4.06. The predicted molar refractivity (Wildman–Crippen MR) is 254 cm³/mol. The van der Waals surface area contributed by atoms with E-state index in [9.17, 15) is 15.3 Å². The van der Waals surface area contributed by atoms with Crippen LogP contribution in [0, 0.1) is 50.4 Å². The van der Waals surface area contributed by atoms with Crippen molar-refractivity contribution in [1.82, 2.24) is 9.47 Å². The van der Waals surface area contributed by atoms with Crippen molar-refractivity contribution in [3.8, 4) is 51.8 Å². The average molecular weight is 889 g/mol. The number of rotatable bonds is 16. The van der Waals surface area contributed by atoms with E-state index >= 15 is 0 Å². The summed E-state index contributed by atoms with van der Waals surface area (Å²) in [5.74, 6) is -0.558. The van der Waals surface area contributed by atoms with Crippen molar-refractivity contribution in [2.24, 2.45) is 0 Å². The van der Waals surface area contributed by atoms with Gasteiger partial charge < -0.3 is 22.7 Å². The molecule has 0 fully saturated rings. The molecule has 0 radical (unpaired) electrons. The number of benzene rings is 2. The second-order valence-electron chi connectivity index (χ2n) is 14.5. The Balaban J connectivity index is 1.15. The van der Waals surface area contributed by atoms with Gasteiger partial charge in [0.1, 0.15) is 18.2 Å². The van der Waals surface area contributed by atoms with E-state index < -0.39 is 14.7 Å². The molecule has 7 aromatic rings. The summed E-state index contributed by atoms with van der Waals surface area (Å²) in [7, 11) is -3.33. The Hall–Kier alpha value is -4.67. The van der Waals surface area contributed by atoms with Crippen LogP contribution in [-0.2, 0) is 24.6 Å². The highest BCUT2D eigenvalue weighted by atomic mass is 32.1. The van der Waals surface area contributed by atoms with Gasteiger partial charge in [0.2, 0.25) is 0 Å². The molecule has 8 nitrogen and oxygen atoms in total. The predicted octanol–water partition coefficient (Wildman–Crippen LogP) is 12.8. The topological polar surface area (TPSA) is 101 Å². The standard InChI is InChI=1S/C47H48N4O4S4Si/c1-9-51-37-16-14-13-15-35(37)36-25-33(17-18-38(36)51)40-22-30(6)45(57-40)42-24-32(8)46(59-42)43-23-31(7)44(58-43)41-21-29(5)39(56-41)26-34(27-49)47(52)50(20-19-48)28-60(53-10-2,54-11-3)55-12-4/h13-18,21-26H,9-12,20,28H2,1-8H3/b34-26+. The number of aryl methyl sites for hydroxylation is 5. The minimum absolute atomic E-state index is 0.0288. The maximum absolute atomic E-state index is 13.8. The molecule has 0 saturated heterocycles. The van der Waals surface area contributed by atoms with Gasteiger partial charge in [-0.25, -0.2) is 0 Å². The third kappa shape index (κ3) is 8.47. The lowest BCUT2D eigenvalue weighted by atomic mass is 10.1. The molecule has 0 atom stereocenters. The number of carbonyl (C=O) groups is 1. The number of hydrogen-bond acceptors (Lipinski definition) is 10. The van der Waals surface area contributed by atoms with Crippen molar-refractivity contribution in [2.75, 3.05) is 32.5 Å². The van der Waals surface area contributed by atoms with Crippen LogP contribution in [0.3, 0.4) is 0 Å². The molecular formula is C47H48N4O4S4Si. The van der Waals surface area contributed by atoms with E-state index in [1.165, 1.54) is 78.2 Å². The van der Waals surface area contributed by atoms with Gasteiger partial charge in [0, 0.05) is 87.2 Å². The molecule has 60 heavy (non-hydrogen) atoms. The van der Waals surface area contributed by atoms with Gasteiger partial charge in [-0.2, -0.15) is 10.5 Å². The maximum atomic E-state index is 13.8. The Kier molecular flexibility index (Phi) is 13.4. The number of para-hydroxylation sites is 1. The number of fused-ring (bicyclic) bond motifs is 3. The molecule has 0 N–H and O–H groups in total. The summed E-state index contributed by atoms with van der Waals surface area (Å²) in [5, 5.41) is 22.5. The fourth-order valence-corrected chi connectivity index (χ4v) is 15.4. The highest BCUT2D eigenvalue weighted by Gasteiger charge is 2.44. The van der Waals surface area contributed by atoms with E-state index in [-0.39, 0.29) is 18.3 Å². The lowest BCUT2D eigenvalue weighted by Gasteiger charge is -2.32. The van der Waals surface area contributed by atoms with Crippen LogP contribution in [0.1, 0.15) is 54.8 Å². The summed E-state index contributed by atoms with van der Waals surface area (Å²) in [6.07, 6.45) is 1.61. The van der Waals surface area contributed by atoms with Crippen LogP contribution < -0.4 is 0 Å². The first-order valence-electron chi connectivity index (χ1n) is 20.1. The summed E-state index contributed by atoms with van der Waals surface area (Å²) in [4.78, 5) is 24.5. The Morgan fingerprint density at radius 2 is 1.23 bits per heavy atom. The second kappa shape index (κ2) is 18.5. The summed E-state index contributed by atoms with van der Waals surface area (Å²) in [6.45, 7) is 17.9. The molecule has 2 aromatic carbocycles. The van der Waals surface area contributed by atoms with Crippen molar-refractivity contribution in [1.29, 1.82) is 10.5 Å². The van der Waals surface area contributed by atoms with E-state index in [0.717, 1.165) is 21.9 Å². The fraction of sp³-hybridized carbons (Fsp3) is 0.298. The van der Waals surface area contributed by atoms with Crippen LogP contribution in [0.25, 0.3) is 67.6 Å². The summed E-state index contributed by atoms with van der Waals surface area (Å²) in [6, 6.07) is 28.8. The molecule has 0 unspecified atom stereocenters. The van der Waals surface area contributed by atoms with Gasteiger partial charge in [-0.3, -0.25) is 4.79 Å². The van der Waals surface area contributed by atoms with E-state index in [0.29, 0.717) is 19.8 Å². The van der Waals surface area contributed by atoms with Gasteiger partial charge in [-0.05, 0) is 132 Å². The molecule has 5 heterocycles. The first kappa shape index (κ1) is 43.4. The number of carbonyl (C=O) groups excluding carboxylic acids is 1. The lowest BCUT2D eigenvalue weighted by molar-refractivity contribution is -0.126. The highest BCUT2D eigenvalue weighted by Crippen LogP contribution is 2.49. The monoisotopic (exact) mass is 888 g/mol. The minimum Gasteiger partial charge on any atom is -0.373 e. The molecule has 0 bridgehead atoms. The number of thiophene rings is 4. The molecule has 7 rings (SSSR count). The lowest BCUT2D eigenvalue weighted by Crippen LogP contribution is -2.57. The largest absolute Gasteiger partial charge is 0.521 e. The van der Waals surface area contributed by atoms with Crippen molar-refractivity contribution < 1.29 is 18.1 Å². The third-order valence-electron chi connectivity index (χ3n) is 10.4. The van der Waals surface area contributed by atoms with Gasteiger partial charge in [0.05, 0.1) is 12.2 Å². The van der Waals surface area contributed by atoms with Gasteiger partial charge in [-0.1, -0.05) is 24.3 Å². The van der Waals surface area contributed by atoms with Crippen LogP contribution in [0.2, 0.25) is 0 Å². The zero-order valence-corrected chi connectivity index (χ0v) is 39.5. The first-order valence-corrected chi connectivity index (χ1v) is 25.3. The van der Waals surface area contributed by atoms with Crippen molar-refractivity contribution in [2.45, 2.75) is 61.9 Å². The third-order valence-corrected chi connectivity index (χ3v) is 18.8. The Morgan fingerprint density at radius 1 is 0.700 bits per heavy atom. The van der Waals surface area contributed by atoms with E-state index in [1.807, 2.05) is 50.4 Å². The van der Waals surface area contributed by atoms with Crippen LogP contribution in [0.15, 0.2) is 72.3 Å². The molecule has 0 aliphatic carbocycles. The van der Waals surface area contributed by atoms with Gasteiger partial charge in [0.15, 0.2) is 0 Å². The molecule has 1 amide bonds. The molecule has 5 aromatic heterocycles. The van der Waals surface area contributed by atoms with Gasteiger partial charge in [0.25, 0.3) is 5.91 Å². The van der Waals surface area contributed by atoms with E-state index in [1.54, 1.807) is 28.7 Å². The van der Waals surface area contributed by atoms with Crippen molar-refractivity contribution in [3.63, 3.8) is 0 Å². The number of nitriles is 2.